The molecule has 4 aromatic rings. The zero-order valence-electron chi connectivity index (χ0n) is 13.1. The van der Waals surface area contributed by atoms with Crippen molar-refractivity contribution < 1.29 is 13.6 Å². The summed E-state index contributed by atoms with van der Waals surface area (Å²) >= 11 is 6.02. The molecule has 0 radical (unpaired) electrons. The average molecular weight is 353 g/mol. The van der Waals surface area contributed by atoms with Crippen LogP contribution in [0.15, 0.2) is 80.8 Å². The molecule has 4 rings (SSSR count). The Morgan fingerprint density at radius 2 is 1.88 bits per heavy atom. The van der Waals surface area contributed by atoms with E-state index in [4.69, 9.17) is 25.2 Å². The van der Waals surface area contributed by atoms with E-state index in [-0.39, 0.29) is 17.8 Å². The molecule has 0 fully saturated rings. The molecule has 2 aromatic carbocycles. The number of hydrogen-bond donors (Lipinski definition) is 0. The van der Waals surface area contributed by atoms with Crippen molar-refractivity contribution in [2.75, 3.05) is 0 Å². The van der Waals surface area contributed by atoms with Crippen molar-refractivity contribution in [3.8, 4) is 17.1 Å². The van der Waals surface area contributed by atoms with Crippen molar-refractivity contribution >= 4 is 22.6 Å². The minimum Gasteiger partial charge on any atom is -0.481 e. The molecule has 0 spiro atoms. The summed E-state index contributed by atoms with van der Waals surface area (Å²) < 4.78 is 16.9. The number of fused-ring (bicyclic) bond motifs is 1. The van der Waals surface area contributed by atoms with Gasteiger partial charge in [-0.15, -0.1) is 0 Å². The first-order valence-electron chi connectivity index (χ1n) is 7.68. The molecular formula is C20H13ClO4. The minimum absolute atomic E-state index is 0.139. The van der Waals surface area contributed by atoms with Crippen LogP contribution in [0.5, 0.6) is 5.75 Å². The summed E-state index contributed by atoms with van der Waals surface area (Å²) in [6.45, 7) is 0.253. The van der Waals surface area contributed by atoms with Gasteiger partial charge < -0.3 is 13.6 Å². The highest BCUT2D eigenvalue weighted by molar-refractivity contribution is 6.31. The fourth-order valence-electron chi connectivity index (χ4n) is 2.59. The quantitative estimate of drug-likeness (QED) is 0.501. The van der Waals surface area contributed by atoms with Gasteiger partial charge in [-0.05, 0) is 29.8 Å². The standard InChI is InChI=1S/C20H13ClO4/c21-15-6-7-17-16(10-15)18(22)20(19(25-17)14-8-9-23-12-14)24-11-13-4-2-1-3-5-13/h1-10,12H,11H2. The van der Waals surface area contributed by atoms with E-state index in [1.807, 2.05) is 30.3 Å². The summed E-state index contributed by atoms with van der Waals surface area (Å²) in [5.41, 5.74) is 1.76. The number of ether oxygens (including phenoxy) is 1. The maximum absolute atomic E-state index is 12.9. The summed E-state index contributed by atoms with van der Waals surface area (Å²) in [6.07, 6.45) is 3.03. The SMILES string of the molecule is O=c1c(OCc2ccccc2)c(-c2ccoc2)oc2ccc(Cl)cc12. The second-order valence-electron chi connectivity index (χ2n) is 5.52. The van der Waals surface area contributed by atoms with Gasteiger partial charge in [0.15, 0.2) is 5.76 Å². The van der Waals surface area contributed by atoms with Crippen molar-refractivity contribution in [2.45, 2.75) is 6.61 Å². The Kier molecular flexibility index (Phi) is 4.04. The first kappa shape index (κ1) is 15.5. The Morgan fingerprint density at radius 1 is 1.04 bits per heavy atom. The van der Waals surface area contributed by atoms with E-state index >= 15 is 0 Å². The van der Waals surface area contributed by atoms with E-state index < -0.39 is 0 Å². The van der Waals surface area contributed by atoms with Gasteiger partial charge in [0.05, 0.1) is 17.2 Å². The van der Waals surface area contributed by atoms with E-state index in [1.165, 1.54) is 12.5 Å². The molecule has 0 amide bonds. The molecule has 0 saturated heterocycles. The predicted molar refractivity (Wildman–Crippen MR) is 96.0 cm³/mol. The lowest BCUT2D eigenvalue weighted by Gasteiger charge is -2.11. The van der Waals surface area contributed by atoms with Crippen LogP contribution >= 0.6 is 11.6 Å². The molecule has 0 unspecified atom stereocenters. The smallest absolute Gasteiger partial charge is 0.235 e. The fraction of sp³-hybridized carbons (Fsp3) is 0.0500. The molecule has 4 nitrogen and oxygen atoms in total. The molecule has 2 aromatic heterocycles. The maximum atomic E-state index is 12.9. The Balaban J connectivity index is 1.86. The molecule has 0 aliphatic carbocycles. The van der Waals surface area contributed by atoms with Crippen LogP contribution in [0.25, 0.3) is 22.3 Å². The molecule has 0 bridgehead atoms. The van der Waals surface area contributed by atoms with Crippen LogP contribution in [0.3, 0.4) is 0 Å². The Hall–Kier alpha value is -2.98. The van der Waals surface area contributed by atoms with Crippen LogP contribution in [0, 0.1) is 0 Å². The molecule has 124 valence electrons. The summed E-state index contributed by atoms with van der Waals surface area (Å²) in [6, 6.07) is 16.3. The molecule has 5 heteroatoms. The van der Waals surface area contributed by atoms with Crippen molar-refractivity contribution in [3.63, 3.8) is 0 Å². The van der Waals surface area contributed by atoms with Crippen LogP contribution in [0.2, 0.25) is 5.02 Å². The number of halogens is 1. The van der Waals surface area contributed by atoms with E-state index in [0.29, 0.717) is 27.3 Å². The van der Waals surface area contributed by atoms with Gasteiger partial charge >= 0.3 is 0 Å². The Bertz CT molecular complexity index is 1070. The monoisotopic (exact) mass is 352 g/mol. The van der Waals surface area contributed by atoms with Crippen LogP contribution in [-0.2, 0) is 6.61 Å². The fourth-order valence-corrected chi connectivity index (χ4v) is 2.77. The topological polar surface area (TPSA) is 52.6 Å². The number of rotatable bonds is 4. The molecule has 0 aliphatic rings. The zero-order chi connectivity index (χ0) is 17.2. The molecule has 0 N–H and O–H groups in total. The van der Waals surface area contributed by atoms with Gasteiger partial charge in [-0.25, -0.2) is 0 Å². The van der Waals surface area contributed by atoms with Gasteiger partial charge in [0.25, 0.3) is 0 Å². The number of furan rings is 1. The van der Waals surface area contributed by atoms with Crippen LogP contribution < -0.4 is 10.2 Å². The number of hydrogen-bond acceptors (Lipinski definition) is 4. The van der Waals surface area contributed by atoms with Crippen molar-refractivity contribution in [2.24, 2.45) is 0 Å². The molecule has 0 atom stereocenters. The lowest BCUT2D eigenvalue weighted by Crippen LogP contribution is -2.10. The number of benzene rings is 2. The van der Waals surface area contributed by atoms with Gasteiger partial charge in [0.2, 0.25) is 11.2 Å². The van der Waals surface area contributed by atoms with Crippen molar-refractivity contribution in [1.29, 1.82) is 0 Å². The first-order chi connectivity index (χ1) is 12.2. The van der Waals surface area contributed by atoms with Crippen LogP contribution in [0.4, 0.5) is 0 Å². The Labute approximate surface area is 148 Å². The third-order valence-electron chi connectivity index (χ3n) is 3.82. The molecule has 2 heterocycles. The molecule has 0 saturated carbocycles. The summed E-state index contributed by atoms with van der Waals surface area (Å²) in [7, 11) is 0. The van der Waals surface area contributed by atoms with Gasteiger partial charge in [-0.2, -0.15) is 0 Å². The lowest BCUT2D eigenvalue weighted by molar-refractivity contribution is 0.298. The van der Waals surface area contributed by atoms with Crippen molar-refractivity contribution in [1.82, 2.24) is 0 Å². The maximum Gasteiger partial charge on any atom is 0.235 e. The third-order valence-corrected chi connectivity index (χ3v) is 4.06. The largest absolute Gasteiger partial charge is 0.481 e. The van der Waals surface area contributed by atoms with E-state index in [1.54, 1.807) is 24.3 Å². The third kappa shape index (κ3) is 3.04. The van der Waals surface area contributed by atoms with E-state index in [0.717, 1.165) is 5.56 Å². The van der Waals surface area contributed by atoms with Crippen LogP contribution in [0.1, 0.15) is 5.56 Å². The Morgan fingerprint density at radius 3 is 2.64 bits per heavy atom. The molecule has 0 aliphatic heterocycles. The summed E-state index contributed by atoms with van der Waals surface area (Å²) in [5.74, 6) is 0.476. The second kappa shape index (κ2) is 6.49. The zero-order valence-corrected chi connectivity index (χ0v) is 13.8. The highest BCUT2D eigenvalue weighted by Gasteiger charge is 2.19. The van der Waals surface area contributed by atoms with E-state index in [9.17, 15) is 4.79 Å². The summed E-state index contributed by atoms with van der Waals surface area (Å²) in [5, 5.41) is 0.840. The second-order valence-corrected chi connectivity index (χ2v) is 5.95. The lowest BCUT2D eigenvalue weighted by atomic mass is 10.1. The first-order valence-corrected chi connectivity index (χ1v) is 8.06. The van der Waals surface area contributed by atoms with Gasteiger partial charge in [0, 0.05) is 5.02 Å². The highest BCUT2D eigenvalue weighted by atomic mass is 35.5. The van der Waals surface area contributed by atoms with Crippen molar-refractivity contribution in [3.05, 3.63) is 87.9 Å². The molecular weight excluding hydrogens is 340 g/mol. The average Bonchev–Trinajstić information content (AvgIpc) is 3.17. The van der Waals surface area contributed by atoms with Gasteiger partial charge in [-0.1, -0.05) is 41.9 Å². The molecule has 25 heavy (non-hydrogen) atoms. The predicted octanol–water partition coefficient (Wildman–Crippen LogP) is 5.29. The minimum atomic E-state index is -0.268. The van der Waals surface area contributed by atoms with Gasteiger partial charge in [-0.3, -0.25) is 4.79 Å². The normalized spacial score (nSPS) is 10.9. The van der Waals surface area contributed by atoms with Crippen LogP contribution in [-0.4, -0.2) is 0 Å². The van der Waals surface area contributed by atoms with E-state index in [2.05, 4.69) is 0 Å². The summed E-state index contributed by atoms with van der Waals surface area (Å²) in [4.78, 5) is 12.9. The van der Waals surface area contributed by atoms with Gasteiger partial charge in [0.1, 0.15) is 18.5 Å². The highest BCUT2D eigenvalue weighted by Crippen LogP contribution is 2.32.